The van der Waals surface area contributed by atoms with Gasteiger partial charge in [0.25, 0.3) is 0 Å². The minimum absolute atomic E-state index is 0.0143. The Morgan fingerprint density at radius 2 is 2.02 bits per heavy atom. The number of pyridine rings is 1. The summed E-state index contributed by atoms with van der Waals surface area (Å²) in [5.74, 6) is 1.58. The van der Waals surface area contributed by atoms with E-state index in [1.54, 1.807) is 6.07 Å². The van der Waals surface area contributed by atoms with E-state index >= 15 is 8.78 Å². The van der Waals surface area contributed by atoms with E-state index in [1.165, 1.54) is 18.2 Å². The maximum Gasteiger partial charge on any atom is 0.319 e. The number of halogens is 3. The van der Waals surface area contributed by atoms with Crippen LogP contribution in [0.3, 0.4) is 0 Å². The molecule has 3 fully saturated rings. The molecular formula is C35H33F3N6O3. The van der Waals surface area contributed by atoms with Crippen molar-refractivity contribution in [1.82, 2.24) is 19.9 Å². The summed E-state index contributed by atoms with van der Waals surface area (Å²) in [6.45, 7) is 2.35. The number of fused-ring (bicyclic) bond motifs is 4. The van der Waals surface area contributed by atoms with Crippen molar-refractivity contribution in [3.05, 3.63) is 41.5 Å². The van der Waals surface area contributed by atoms with Gasteiger partial charge >= 0.3 is 6.01 Å². The summed E-state index contributed by atoms with van der Waals surface area (Å²) in [4.78, 5) is 29.8. The quantitative estimate of drug-likeness (QED) is 0.210. The number of alkyl halides is 1. The van der Waals surface area contributed by atoms with E-state index in [1.807, 2.05) is 0 Å². The van der Waals surface area contributed by atoms with E-state index in [0.29, 0.717) is 54.8 Å². The lowest BCUT2D eigenvalue weighted by Crippen LogP contribution is -2.43. The zero-order valence-electron chi connectivity index (χ0n) is 25.7. The lowest BCUT2D eigenvalue weighted by Gasteiger charge is -2.31. The molecule has 3 saturated heterocycles. The fourth-order valence-electron chi connectivity index (χ4n) is 8.03. The normalized spacial score (nSPS) is 23.8. The zero-order chi connectivity index (χ0) is 32.3. The number of carbonyl (C=O) groups is 1. The van der Waals surface area contributed by atoms with Crippen LogP contribution in [0.15, 0.2) is 24.3 Å². The number of hydrogen-bond acceptors (Lipinski definition) is 8. The van der Waals surface area contributed by atoms with E-state index in [0.717, 1.165) is 45.1 Å². The fourth-order valence-corrected chi connectivity index (χ4v) is 8.03. The molecule has 1 unspecified atom stereocenters. The number of hydrogen-bond donors (Lipinski definition) is 1. The standard InChI is InChI=1S/C35H33F3N6O3/c1-2-24-26(37)9-8-20-13-22(39-19-45)14-25(27(20)24)30-29(38)31-28-32(44-12-5-3-4-7-23(44)17-46-33(28)40-30)42-34(41-31)47-18-35-10-6-11-43(35)16-21(36)15-35/h1,8-9,13-14,19,21,23H,3-7,10-12,15-18H2,(H,39,45)/t21?,23-,35-/m0/s1. The van der Waals surface area contributed by atoms with Crippen LogP contribution in [0.4, 0.5) is 24.7 Å². The molecule has 1 amide bonds. The van der Waals surface area contributed by atoms with Crippen LogP contribution in [0.5, 0.6) is 11.9 Å². The average Bonchev–Trinajstić information content (AvgIpc) is 3.42. The van der Waals surface area contributed by atoms with Gasteiger partial charge in [-0.2, -0.15) is 9.97 Å². The Morgan fingerprint density at radius 3 is 2.87 bits per heavy atom. The number of benzene rings is 2. The number of ether oxygens (including phenoxy) is 2. The molecule has 4 aliphatic heterocycles. The van der Waals surface area contributed by atoms with Crippen LogP contribution in [-0.2, 0) is 4.79 Å². The molecule has 4 aromatic rings. The first-order chi connectivity index (χ1) is 22.9. The maximum atomic E-state index is 17.1. The fraction of sp³-hybridized carbons (Fsp3) is 0.429. The lowest BCUT2D eigenvalue weighted by atomic mass is 9.95. The number of nitrogens with zero attached hydrogens (tertiary/aromatic N) is 5. The maximum absolute atomic E-state index is 17.1. The molecule has 0 saturated carbocycles. The molecule has 12 heteroatoms. The topological polar surface area (TPSA) is 92.7 Å². The van der Waals surface area contributed by atoms with Crippen molar-refractivity contribution in [2.45, 2.75) is 62.7 Å². The number of carbonyl (C=O) groups excluding carboxylic acids is 1. The molecule has 47 heavy (non-hydrogen) atoms. The molecule has 3 atom stereocenters. The molecule has 8 rings (SSSR count). The number of anilines is 2. The van der Waals surface area contributed by atoms with E-state index in [-0.39, 0.29) is 52.3 Å². The number of rotatable bonds is 6. The number of amides is 1. The predicted molar refractivity (Wildman–Crippen MR) is 171 cm³/mol. The molecule has 0 spiro atoms. The van der Waals surface area contributed by atoms with Gasteiger partial charge < -0.3 is 19.7 Å². The van der Waals surface area contributed by atoms with Gasteiger partial charge in [0.15, 0.2) is 5.82 Å². The summed E-state index contributed by atoms with van der Waals surface area (Å²) in [6, 6.07) is 5.83. The number of terminal acetylenes is 1. The highest BCUT2D eigenvalue weighted by Gasteiger charge is 2.49. The summed E-state index contributed by atoms with van der Waals surface area (Å²) in [7, 11) is 0. The summed E-state index contributed by atoms with van der Waals surface area (Å²) in [5, 5.41) is 3.67. The summed E-state index contributed by atoms with van der Waals surface area (Å²) in [5.41, 5.74) is -0.237. The van der Waals surface area contributed by atoms with Gasteiger partial charge in [-0.05, 0) is 55.8 Å². The van der Waals surface area contributed by atoms with Gasteiger partial charge in [0.1, 0.15) is 47.6 Å². The number of nitrogens with one attached hydrogen (secondary N) is 1. The molecule has 0 radical (unpaired) electrons. The van der Waals surface area contributed by atoms with Crippen LogP contribution in [-0.4, -0.2) is 76.9 Å². The summed E-state index contributed by atoms with van der Waals surface area (Å²) < 4.78 is 59.3. The van der Waals surface area contributed by atoms with E-state index < -0.39 is 23.3 Å². The Kier molecular flexibility index (Phi) is 7.32. The Balaban J connectivity index is 1.34. The zero-order valence-corrected chi connectivity index (χ0v) is 25.7. The van der Waals surface area contributed by atoms with Gasteiger partial charge in [-0.1, -0.05) is 24.8 Å². The van der Waals surface area contributed by atoms with Crippen molar-refractivity contribution in [2.24, 2.45) is 0 Å². The second-order valence-corrected chi connectivity index (χ2v) is 13.0. The van der Waals surface area contributed by atoms with E-state index in [9.17, 15) is 9.18 Å². The molecule has 4 aliphatic rings. The third-order valence-electron chi connectivity index (χ3n) is 10.2. The van der Waals surface area contributed by atoms with Crippen molar-refractivity contribution in [3.63, 3.8) is 0 Å². The van der Waals surface area contributed by atoms with Gasteiger partial charge in [0, 0.05) is 36.1 Å². The third-order valence-corrected chi connectivity index (χ3v) is 10.2. The van der Waals surface area contributed by atoms with Gasteiger partial charge in [0.05, 0.1) is 17.1 Å². The summed E-state index contributed by atoms with van der Waals surface area (Å²) >= 11 is 0. The Labute approximate surface area is 269 Å². The smallest absolute Gasteiger partial charge is 0.319 e. The monoisotopic (exact) mass is 642 g/mol. The van der Waals surface area contributed by atoms with Crippen LogP contribution in [0.1, 0.15) is 50.5 Å². The molecule has 9 nitrogen and oxygen atoms in total. The summed E-state index contributed by atoms with van der Waals surface area (Å²) in [6.07, 6.45) is 11.3. The minimum Gasteiger partial charge on any atom is -0.475 e. The van der Waals surface area contributed by atoms with Gasteiger partial charge in [-0.3, -0.25) is 9.69 Å². The highest BCUT2D eigenvalue weighted by atomic mass is 19.1. The highest BCUT2D eigenvalue weighted by molar-refractivity contribution is 6.05. The predicted octanol–water partition coefficient (Wildman–Crippen LogP) is 5.77. The van der Waals surface area contributed by atoms with Crippen LogP contribution in [0, 0.1) is 24.0 Å². The van der Waals surface area contributed by atoms with E-state index in [4.69, 9.17) is 20.9 Å². The lowest BCUT2D eigenvalue weighted by molar-refractivity contribution is -0.105. The largest absolute Gasteiger partial charge is 0.475 e. The van der Waals surface area contributed by atoms with Gasteiger partial charge in [-0.15, -0.1) is 6.42 Å². The Morgan fingerprint density at radius 1 is 1.13 bits per heavy atom. The highest BCUT2D eigenvalue weighted by Crippen LogP contribution is 2.45. The Bertz CT molecular complexity index is 1970. The van der Waals surface area contributed by atoms with Gasteiger partial charge in [0.2, 0.25) is 12.3 Å². The molecule has 2 aromatic carbocycles. The first kappa shape index (κ1) is 29.8. The van der Waals surface area contributed by atoms with Crippen LogP contribution >= 0.6 is 0 Å². The molecular weight excluding hydrogens is 609 g/mol. The van der Waals surface area contributed by atoms with Crippen molar-refractivity contribution in [3.8, 4) is 35.5 Å². The molecule has 0 bridgehead atoms. The van der Waals surface area contributed by atoms with Crippen LogP contribution in [0.25, 0.3) is 32.9 Å². The van der Waals surface area contributed by atoms with Crippen molar-refractivity contribution in [1.29, 1.82) is 0 Å². The van der Waals surface area contributed by atoms with Crippen molar-refractivity contribution >= 4 is 39.6 Å². The second kappa shape index (κ2) is 11.6. The molecule has 2 aromatic heterocycles. The Hall–Kier alpha value is -4.63. The second-order valence-electron chi connectivity index (χ2n) is 13.0. The molecule has 242 valence electrons. The van der Waals surface area contributed by atoms with Crippen LogP contribution in [0.2, 0.25) is 0 Å². The van der Waals surface area contributed by atoms with Gasteiger partial charge in [-0.25, -0.2) is 18.2 Å². The SMILES string of the molecule is C#Cc1c(F)ccc2cc(NC=O)cc(-c3nc4c5c(nc(OC[C@@]67CCCN6CC(F)C7)nc5c3F)N3CCCCC[C@H]3CO4)c12. The van der Waals surface area contributed by atoms with Crippen molar-refractivity contribution < 1.29 is 27.4 Å². The number of aromatic nitrogens is 3. The first-order valence-corrected chi connectivity index (χ1v) is 16.1. The van der Waals surface area contributed by atoms with Crippen LogP contribution < -0.4 is 19.7 Å². The molecule has 0 aliphatic carbocycles. The average molecular weight is 643 g/mol. The minimum atomic E-state index is -0.929. The third kappa shape index (κ3) is 4.90. The molecule has 6 heterocycles. The first-order valence-electron chi connectivity index (χ1n) is 16.1. The van der Waals surface area contributed by atoms with E-state index in [2.05, 4.69) is 31.0 Å². The van der Waals surface area contributed by atoms with Crippen molar-refractivity contribution in [2.75, 3.05) is 43.1 Å². The molecule has 1 N–H and O–H groups in total.